The molecule has 0 radical (unpaired) electrons. The van der Waals surface area contributed by atoms with E-state index >= 15 is 0 Å². The van der Waals surface area contributed by atoms with Gasteiger partial charge in [-0.3, -0.25) is 0 Å². The molecule has 0 aromatic heterocycles. The van der Waals surface area contributed by atoms with Crippen molar-refractivity contribution in [2.45, 2.75) is 84.8 Å². The van der Waals surface area contributed by atoms with Crippen LogP contribution in [0.2, 0.25) is 0 Å². The molecule has 0 bridgehead atoms. The largest absolute Gasteiger partial charge is 0.870 e. The van der Waals surface area contributed by atoms with Gasteiger partial charge in [0, 0.05) is 0 Å². The quantitative estimate of drug-likeness (QED) is 0.0938. The number of hydrogen-bond donors (Lipinski definition) is 0. The van der Waals surface area contributed by atoms with Gasteiger partial charge in [0.05, 0.1) is 0 Å². The zero-order valence-electron chi connectivity index (χ0n) is 27.9. The first-order valence-corrected chi connectivity index (χ1v) is 18.8. The molecule has 0 spiro atoms. The Morgan fingerprint density at radius 1 is 0.583 bits per heavy atom. The van der Waals surface area contributed by atoms with Crippen molar-refractivity contribution in [2.24, 2.45) is 0 Å². The number of hydrogen-bond acceptors (Lipinski definition) is 9. The molecule has 4 aromatic rings. The second kappa shape index (κ2) is 20.9. The molecule has 4 aromatic carbocycles. The molecule has 0 amide bonds. The zero-order chi connectivity index (χ0) is 33.4. The molecular formula is C38H43AlO7S2. The number of rotatable bonds is 18. The van der Waals surface area contributed by atoms with Crippen LogP contribution in [0.5, 0.6) is 11.5 Å². The van der Waals surface area contributed by atoms with Crippen molar-refractivity contribution in [1.29, 1.82) is 0 Å². The van der Waals surface area contributed by atoms with Gasteiger partial charge in [-0.15, -0.1) is 0 Å². The summed E-state index contributed by atoms with van der Waals surface area (Å²) in [6, 6.07) is 32.0. The number of ether oxygens (including phenoxy) is 2. The van der Waals surface area contributed by atoms with Crippen LogP contribution in [-0.2, 0) is 17.2 Å². The van der Waals surface area contributed by atoms with Crippen LogP contribution in [0.1, 0.15) is 76.3 Å². The predicted octanol–water partition coefficient (Wildman–Crippen LogP) is 9.70. The van der Waals surface area contributed by atoms with Gasteiger partial charge in [-0.1, -0.05) is 0 Å². The molecule has 1 N–H and O–H groups in total. The normalized spacial score (nSPS) is 11.8. The molecule has 7 nitrogen and oxygen atoms in total. The SMILES string of the molecule is CCCOc1cc(Sc2ccccc2)cc(C(CC)C(=O)[O][Al+][O]C(=O)C(CC)c2cc(OCCC)cc(Sc3ccccc3)c2)c1.[OH-]. The van der Waals surface area contributed by atoms with E-state index in [0.29, 0.717) is 37.6 Å². The fraction of sp³-hybridized carbons (Fsp3) is 0.316. The van der Waals surface area contributed by atoms with Crippen molar-refractivity contribution in [3.63, 3.8) is 0 Å². The Labute approximate surface area is 299 Å². The van der Waals surface area contributed by atoms with Crippen molar-refractivity contribution in [1.82, 2.24) is 0 Å². The first-order valence-electron chi connectivity index (χ1n) is 16.2. The van der Waals surface area contributed by atoms with E-state index in [0.717, 1.165) is 43.6 Å². The Morgan fingerprint density at radius 3 is 1.33 bits per heavy atom. The Morgan fingerprint density at radius 2 is 0.979 bits per heavy atom. The van der Waals surface area contributed by atoms with Crippen LogP contribution < -0.4 is 9.47 Å². The number of benzene rings is 4. The van der Waals surface area contributed by atoms with E-state index in [1.807, 2.05) is 111 Å². The van der Waals surface area contributed by atoms with Crippen molar-refractivity contribution in [2.75, 3.05) is 13.2 Å². The first kappa shape index (κ1) is 39.1. The molecule has 0 fully saturated rings. The minimum Gasteiger partial charge on any atom is -0.870 e. The molecule has 252 valence electrons. The summed E-state index contributed by atoms with van der Waals surface area (Å²) in [5, 5.41) is 0. The van der Waals surface area contributed by atoms with E-state index in [4.69, 9.17) is 17.1 Å². The third kappa shape index (κ3) is 11.9. The van der Waals surface area contributed by atoms with Crippen LogP contribution in [-0.4, -0.2) is 46.5 Å². The molecular weight excluding hydrogens is 660 g/mol. The Balaban J connectivity index is 0.00000625. The Hall–Kier alpha value is -3.39. The fourth-order valence-electron chi connectivity index (χ4n) is 4.92. The molecule has 0 aliphatic heterocycles. The molecule has 0 aliphatic rings. The Kier molecular flexibility index (Phi) is 17.0. The van der Waals surface area contributed by atoms with E-state index in [-0.39, 0.29) is 5.48 Å². The molecule has 0 saturated heterocycles. The standard InChI is InChI=1S/2C19H22O3S.Al.H2O/c2*1-3-10-22-15-11-14(18(4-2)19(20)21)12-17(13-15)23-16-8-6-5-7-9-16;;/h2*5-9,11-13,18H,3-4,10H2,1-2H3,(H,20,21);;1H2/q;;+3;/p-3. The maximum Gasteiger partial charge on any atom is -0.870 e. The van der Waals surface area contributed by atoms with Crippen molar-refractivity contribution in [3.8, 4) is 11.5 Å². The summed E-state index contributed by atoms with van der Waals surface area (Å²) in [7, 11) is 0. The molecule has 2 unspecified atom stereocenters. The van der Waals surface area contributed by atoms with Crippen molar-refractivity contribution >= 4 is 51.3 Å². The summed E-state index contributed by atoms with van der Waals surface area (Å²) < 4.78 is 23.2. The van der Waals surface area contributed by atoms with E-state index in [1.165, 1.54) is 0 Å². The molecule has 48 heavy (non-hydrogen) atoms. The maximum atomic E-state index is 13.4. The topological polar surface area (TPSA) is 101 Å². The summed E-state index contributed by atoms with van der Waals surface area (Å²) in [4.78, 5) is 30.9. The van der Waals surface area contributed by atoms with E-state index < -0.39 is 39.7 Å². The van der Waals surface area contributed by atoms with Crippen LogP contribution >= 0.6 is 23.5 Å². The van der Waals surface area contributed by atoms with Crippen LogP contribution in [0.15, 0.2) is 117 Å². The third-order valence-electron chi connectivity index (χ3n) is 7.23. The van der Waals surface area contributed by atoms with Gasteiger partial charge >= 0.3 is 296 Å². The van der Waals surface area contributed by atoms with E-state index in [1.54, 1.807) is 23.5 Å². The Bertz CT molecular complexity index is 1450. The number of carbonyl (C=O) groups is 2. The monoisotopic (exact) mass is 702 g/mol. The predicted molar refractivity (Wildman–Crippen MR) is 192 cm³/mol. The van der Waals surface area contributed by atoms with Crippen LogP contribution in [0.25, 0.3) is 0 Å². The van der Waals surface area contributed by atoms with Gasteiger partial charge in [-0.05, 0) is 0 Å². The zero-order valence-corrected chi connectivity index (χ0v) is 30.7. The van der Waals surface area contributed by atoms with E-state index in [2.05, 4.69) is 13.8 Å². The minimum absolute atomic E-state index is 0. The maximum absolute atomic E-state index is 13.4. The van der Waals surface area contributed by atoms with Gasteiger partial charge < -0.3 is 5.48 Å². The third-order valence-corrected chi connectivity index (χ3v) is 9.84. The van der Waals surface area contributed by atoms with Crippen LogP contribution in [0.4, 0.5) is 0 Å². The molecule has 2 atom stereocenters. The van der Waals surface area contributed by atoms with Gasteiger partial charge in [-0.2, -0.15) is 0 Å². The summed E-state index contributed by atoms with van der Waals surface area (Å²) in [5.41, 5.74) is 1.63. The number of carbonyl (C=O) groups excluding carboxylic acids is 2. The van der Waals surface area contributed by atoms with Crippen LogP contribution in [0, 0.1) is 0 Å². The van der Waals surface area contributed by atoms with Crippen molar-refractivity contribution < 1.29 is 32.1 Å². The summed E-state index contributed by atoms with van der Waals surface area (Å²) >= 11 is 1.89. The van der Waals surface area contributed by atoms with Gasteiger partial charge in [0.1, 0.15) is 0 Å². The van der Waals surface area contributed by atoms with Crippen LogP contribution in [0.3, 0.4) is 0 Å². The second-order valence-corrected chi connectivity index (χ2v) is 13.9. The summed E-state index contributed by atoms with van der Waals surface area (Å²) in [6.45, 7) is 9.17. The fourth-order valence-corrected chi connectivity index (χ4v) is 7.36. The van der Waals surface area contributed by atoms with Gasteiger partial charge in [0.2, 0.25) is 0 Å². The van der Waals surface area contributed by atoms with Crippen molar-refractivity contribution in [3.05, 3.63) is 108 Å². The average Bonchev–Trinajstić information content (AvgIpc) is 3.08. The average molecular weight is 703 g/mol. The smallest absolute Gasteiger partial charge is 0.870 e. The summed E-state index contributed by atoms with van der Waals surface area (Å²) in [6.07, 6.45) is 2.81. The molecule has 0 heterocycles. The second-order valence-electron chi connectivity index (χ2n) is 10.9. The molecule has 0 saturated carbocycles. The minimum atomic E-state index is -1.34. The molecule has 0 aliphatic carbocycles. The molecule has 4 rings (SSSR count). The van der Waals surface area contributed by atoms with Gasteiger partial charge in [-0.25, -0.2) is 0 Å². The van der Waals surface area contributed by atoms with Gasteiger partial charge in [0.15, 0.2) is 0 Å². The van der Waals surface area contributed by atoms with Gasteiger partial charge in [0.25, 0.3) is 0 Å². The van der Waals surface area contributed by atoms with E-state index in [9.17, 15) is 9.59 Å². The summed E-state index contributed by atoms with van der Waals surface area (Å²) in [5.74, 6) is -0.435. The molecule has 10 heteroatoms. The first-order chi connectivity index (χ1) is 22.9.